The minimum absolute atomic E-state index is 0.0927. The average Bonchev–Trinajstić information content (AvgIpc) is 3.08. The van der Waals surface area contributed by atoms with Crippen molar-refractivity contribution in [1.82, 2.24) is 4.98 Å². The molecule has 18 heavy (non-hydrogen) atoms. The van der Waals surface area contributed by atoms with Gasteiger partial charge in [0, 0.05) is 12.3 Å². The van der Waals surface area contributed by atoms with E-state index in [-0.39, 0.29) is 16.7 Å². The number of nitrogens with one attached hydrogen (secondary N) is 1. The molecular weight excluding hydrogens is 252 g/mol. The molecule has 2 N–H and O–H groups in total. The molecule has 0 saturated heterocycles. The highest BCUT2D eigenvalue weighted by molar-refractivity contribution is 7.17. The number of nitrogens with zero attached hydrogens (tertiary/aromatic N) is 1. The van der Waals surface area contributed by atoms with Gasteiger partial charge in [-0.1, -0.05) is 24.7 Å². The molecule has 98 valence electrons. The summed E-state index contributed by atoms with van der Waals surface area (Å²) in [4.78, 5) is 27.2. The van der Waals surface area contributed by atoms with E-state index in [0.29, 0.717) is 17.2 Å². The fraction of sp³-hybridized carbons (Fsp3) is 0.583. The van der Waals surface area contributed by atoms with Crippen LogP contribution in [0.1, 0.15) is 60.3 Å². The Balaban J connectivity index is 2.07. The predicted molar refractivity (Wildman–Crippen MR) is 69.2 cm³/mol. The van der Waals surface area contributed by atoms with Crippen LogP contribution in [0.3, 0.4) is 0 Å². The van der Waals surface area contributed by atoms with Crippen LogP contribution in [0.5, 0.6) is 0 Å². The van der Waals surface area contributed by atoms with Gasteiger partial charge in [-0.2, -0.15) is 0 Å². The van der Waals surface area contributed by atoms with E-state index in [1.165, 1.54) is 0 Å². The van der Waals surface area contributed by atoms with E-state index < -0.39 is 5.97 Å². The molecule has 1 amide bonds. The fourth-order valence-corrected chi connectivity index (χ4v) is 2.60. The molecule has 1 aliphatic rings. The Labute approximate surface area is 109 Å². The predicted octanol–water partition coefficient (Wildman–Crippen LogP) is 2.85. The first-order chi connectivity index (χ1) is 8.61. The zero-order valence-corrected chi connectivity index (χ0v) is 11.0. The molecule has 5 nitrogen and oxygen atoms in total. The number of hydrogen-bond donors (Lipinski definition) is 2. The van der Waals surface area contributed by atoms with Gasteiger partial charge in [0.2, 0.25) is 5.91 Å². The van der Waals surface area contributed by atoms with Crippen LogP contribution in [0.15, 0.2) is 0 Å². The number of rotatable bonds is 6. The SMILES string of the molecule is CCCCC(=O)Nc1nc(C2CC2)c(C(=O)O)s1. The molecule has 1 heterocycles. The quantitative estimate of drug-likeness (QED) is 0.831. The average molecular weight is 268 g/mol. The van der Waals surface area contributed by atoms with Crippen LogP contribution in [-0.2, 0) is 4.79 Å². The van der Waals surface area contributed by atoms with Gasteiger partial charge < -0.3 is 10.4 Å². The summed E-state index contributed by atoms with van der Waals surface area (Å²) in [6.07, 6.45) is 4.23. The normalized spacial score (nSPS) is 14.5. The molecule has 1 aromatic heterocycles. The summed E-state index contributed by atoms with van der Waals surface area (Å²) in [7, 11) is 0. The van der Waals surface area contributed by atoms with Crippen LogP contribution in [-0.4, -0.2) is 22.0 Å². The Morgan fingerprint density at radius 2 is 2.22 bits per heavy atom. The second kappa shape index (κ2) is 5.48. The summed E-state index contributed by atoms with van der Waals surface area (Å²) in [6.45, 7) is 2.02. The minimum atomic E-state index is -0.955. The monoisotopic (exact) mass is 268 g/mol. The topological polar surface area (TPSA) is 79.3 Å². The third-order valence-corrected chi connectivity index (χ3v) is 3.79. The number of thiazole rings is 1. The summed E-state index contributed by atoms with van der Waals surface area (Å²) < 4.78 is 0. The third-order valence-electron chi connectivity index (χ3n) is 2.82. The fourth-order valence-electron chi connectivity index (χ4n) is 1.69. The first-order valence-electron chi connectivity index (χ1n) is 6.15. The van der Waals surface area contributed by atoms with Crippen molar-refractivity contribution in [3.05, 3.63) is 10.6 Å². The molecule has 0 radical (unpaired) electrons. The molecule has 0 atom stereocenters. The van der Waals surface area contributed by atoms with Crippen molar-refractivity contribution in [2.24, 2.45) is 0 Å². The van der Waals surface area contributed by atoms with Crippen molar-refractivity contribution in [2.75, 3.05) is 5.32 Å². The van der Waals surface area contributed by atoms with Crippen molar-refractivity contribution >= 4 is 28.3 Å². The van der Waals surface area contributed by atoms with Crippen molar-refractivity contribution in [1.29, 1.82) is 0 Å². The van der Waals surface area contributed by atoms with Crippen molar-refractivity contribution in [2.45, 2.75) is 44.9 Å². The van der Waals surface area contributed by atoms with Gasteiger partial charge in [0.05, 0.1) is 5.69 Å². The first-order valence-corrected chi connectivity index (χ1v) is 6.97. The zero-order valence-electron chi connectivity index (χ0n) is 10.2. The number of amides is 1. The van der Waals surface area contributed by atoms with Crippen LogP contribution in [0.4, 0.5) is 5.13 Å². The summed E-state index contributed by atoms with van der Waals surface area (Å²) in [5.41, 5.74) is 0.637. The Morgan fingerprint density at radius 1 is 1.50 bits per heavy atom. The molecule has 1 aliphatic carbocycles. The van der Waals surface area contributed by atoms with E-state index >= 15 is 0 Å². The van der Waals surface area contributed by atoms with Crippen LogP contribution >= 0.6 is 11.3 Å². The zero-order chi connectivity index (χ0) is 13.1. The largest absolute Gasteiger partial charge is 0.477 e. The van der Waals surface area contributed by atoms with Gasteiger partial charge in [0.15, 0.2) is 5.13 Å². The summed E-state index contributed by atoms with van der Waals surface area (Å²) >= 11 is 1.06. The van der Waals surface area contributed by atoms with Crippen LogP contribution < -0.4 is 5.32 Å². The lowest BCUT2D eigenvalue weighted by atomic mass is 10.2. The molecule has 0 bridgehead atoms. The second-order valence-electron chi connectivity index (χ2n) is 4.46. The van der Waals surface area contributed by atoms with E-state index in [0.717, 1.165) is 37.0 Å². The number of unbranched alkanes of at least 4 members (excludes halogenated alkanes) is 1. The highest BCUT2D eigenvalue weighted by atomic mass is 32.1. The number of carbonyl (C=O) groups is 2. The van der Waals surface area contributed by atoms with Gasteiger partial charge in [-0.25, -0.2) is 9.78 Å². The van der Waals surface area contributed by atoms with Crippen LogP contribution in [0.25, 0.3) is 0 Å². The molecule has 0 aromatic carbocycles. The maximum atomic E-state index is 11.6. The Hall–Kier alpha value is -1.43. The lowest BCUT2D eigenvalue weighted by molar-refractivity contribution is -0.116. The lowest BCUT2D eigenvalue weighted by Crippen LogP contribution is -2.10. The van der Waals surface area contributed by atoms with E-state index in [4.69, 9.17) is 5.11 Å². The van der Waals surface area contributed by atoms with Gasteiger partial charge in [0.25, 0.3) is 0 Å². The number of aromatic carboxylic acids is 1. The van der Waals surface area contributed by atoms with Gasteiger partial charge in [-0.05, 0) is 19.3 Å². The smallest absolute Gasteiger partial charge is 0.347 e. The summed E-state index contributed by atoms with van der Waals surface area (Å²) in [5.74, 6) is -0.776. The molecule has 1 fully saturated rings. The number of carboxylic acid groups (broad SMARTS) is 1. The van der Waals surface area contributed by atoms with Crippen molar-refractivity contribution in [3.8, 4) is 0 Å². The van der Waals surface area contributed by atoms with Gasteiger partial charge in [-0.15, -0.1) is 0 Å². The third kappa shape index (κ3) is 3.07. The Kier molecular flexibility index (Phi) is 3.96. The Bertz CT molecular complexity index is 466. The first kappa shape index (κ1) is 13.0. The molecular formula is C12H16N2O3S. The number of carboxylic acids is 1. The summed E-state index contributed by atoms with van der Waals surface area (Å²) in [6, 6.07) is 0. The number of hydrogen-bond acceptors (Lipinski definition) is 4. The maximum absolute atomic E-state index is 11.6. The molecule has 1 saturated carbocycles. The molecule has 2 rings (SSSR count). The molecule has 0 aliphatic heterocycles. The van der Waals surface area contributed by atoms with Gasteiger partial charge >= 0.3 is 5.97 Å². The molecule has 6 heteroatoms. The van der Waals surface area contributed by atoms with E-state index in [9.17, 15) is 9.59 Å². The molecule has 0 spiro atoms. The maximum Gasteiger partial charge on any atom is 0.347 e. The van der Waals surface area contributed by atoms with Gasteiger partial charge in [-0.3, -0.25) is 4.79 Å². The Morgan fingerprint density at radius 3 is 2.78 bits per heavy atom. The van der Waals surface area contributed by atoms with Crippen LogP contribution in [0, 0.1) is 0 Å². The van der Waals surface area contributed by atoms with E-state index in [1.54, 1.807) is 0 Å². The summed E-state index contributed by atoms with van der Waals surface area (Å²) in [5, 5.41) is 12.2. The van der Waals surface area contributed by atoms with Gasteiger partial charge in [0.1, 0.15) is 4.88 Å². The second-order valence-corrected chi connectivity index (χ2v) is 5.46. The number of carbonyl (C=O) groups excluding carboxylic acids is 1. The van der Waals surface area contributed by atoms with Crippen LogP contribution in [0.2, 0.25) is 0 Å². The standard InChI is InChI=1S/C12H16N2O3S/c1-2-3-4-8(15)13-12-14-9(7-5-6-7)10(18-12)11(16)17/h7H,2-6H2,1H3,(H,16,17)(H,13,14,15). The van der Waals surface area contributed by atoms with E-state index in [2.05, 4.69) is 10.3 Å². The molecule has 1 aromatic rings. The number of aromatic nitrogens is 1. The molecule has 0 unspecified atom stereocenters. The highest BCUT2D eigenvalue weighted by Crippen LogP contribution is 2.43. The highest BCUT2D eigenvalue weighted by Gasteiger charge is 2.32. The van der Waals surface area contributed by atoms with Crippen molar-refractivity contribution < 1.29 is 14.7 Å². The minimum Gasteiger partial charge on any atom is -0.477 e. The van der Waals surface area contributed by atoms with E-state index in [1.807, 2.05) is 6.92 Å². The van der Waals surface area contributed by atoms with Crippen molar-refractivity contribution in [3.63, 3.8) is 0 Å². The number of anilines is 1. The lowest BCUT2D eigenvalue weighted by Gasteiger charge is -1.99.